The lowest BCUT2D eigenvalue weighted by atomic mass is 10.0. The Morgan fingerprint density at radius 1 is 1.14 bits per heavy atom. The number of benzene rings is 2. The summed E-state index contributed by atoms with van der Waals surface area (Å²) >= 11 is 0. The first-order chi connectivity index (χ1) is 14.1. The van der Waals surface area contributed by atoms with Crippen LogP contribution in [0.15, 0.2) is 58.0 Å². The van der Waals surface area contributed by atoms with Crippen molar-refractivity contribution in [3.8, 4) is 11.4 Å². The molecule has 0 saturated heterocycles. The highest BCUT2D eigenvalue weighted by Gasteiger charge is 2.16. The van der Waals surface area contributed by atoms with Crippen LogP contribution in [0.4, 0.5) is 5.69 Å². The topological polar surface area (TPSA) is 104 Å². The van der Waals surface area contributed by atoms with E-state index in [2.05, 4.69) is 16.1 Å². The first kappa shape index (κ1) is 17.3. The van der Waals surface area contributed by atoms with Gasteiger partial charge in [-0.1, -0.05) is 12.1 Å². The molecule has 8 heteroatoms. The van der Waals surface area contributed by atoms with Gasteiger partial charge in [-0.15, -0.1) is 0 Å². The van der Waals surface area contributed by atoms with Crippen molar-refractivity contribution in [2.45, 2.75) is 25.8 Å². The largest absolute Gasteiger partial charge is 0.423 e. The quantitative estimate of drug-likeness (QED) is 0.301. The van der Waals surface area contributed by atoms with E-state index in [4.69, 9.17) is 4.42 Å². The Kier molecular flexibility index (Phi) is 3.97. The summed E-state index contributed by atoms with van der Waals surface area (Å²) in [6, 6.07) is 11.8. The molecule has 0 radical (unpaired) electrons. The van der Waals surface area contributed by atoms with Crippen molar-refractivity contribution in [1.82, 2.24) is 14.8 Å². The van der Waals surface area contributed by atoms with Gasteiger partial charge in [-0.3, -0.25) is 10.1 Å². The van der Waals surface area contributed by atoms with Crippen LogP contribution in [0.2, 0.25) is 0 Å². The van der Waals surface area contributed by atoms with Crippen LogP contribution >= 0.6 is 0 Å². The van der Waals surface area contributed by atoms with Gasteiger partial charge in [0.1, 0.15) is 11.9 Å². The molecule has 8 nitrogen and oxygen atoms in total. The number of fused-ring (bicyclic) bond motifs is 2. The number of nitro benzene ring substituents is 1. The molecule has 0 spiro atoms. The molecule has 2 aromatic carbocycles. The minimum atomic E-state index is -0.450. The third-order valence-corrected chi connectivity index (χ3v) is 5.23. The van der Waals surface area contributed by atoms with E-state index in [9.17, 15) is 14.9 Å². The van der Waals surface area contributed by atoms with Gasteiger partial charge in [0, 0.05) is 29.1 Å². The zero-order valence-electron chi connectivity index (χ0n) is 15.4. The molecule has 0 saturated carbocycles. The van der Waals surface area contributed by atoms with Crippen molar-refractivity contribution in [2.75, 3.05) is 0 Å². The molecule has 0 atom stereocenters. The standard InChI is InChI=1S/C21H16N4O4/c26-20-10-16(18-8-13-3-1-4-14(13)9-19(18)29-20)11-24-12-22-21(23-24)15-5-2-6-17(7-15)25(27)28/h2,5-10,12H,1,3-4,11H2. The van der Waals surface area contributed by atoms with Gasteiger partial charge in [-0.05, 0) is 48.1 Å². The second kappa shape index (κ2) is 6.66. The van der Waals surface area contributed by atoms with E-state index >= 15 is 0 Å². The first-order valence-electron chi connectivity index (χ1n) is 9.30. The Morgan fingerprint density at radius 3 is 2.79 bits per heavy atom. The minimum Gasteiger partial charge on any atom is -0.423 e. The van der Waals surface area contributed by atoms with Crippen LogP contribution in [0.1, 0.15) is 23.1 Å². The molecule has 2 heterocycles. The second-order valence-corrected chi connectivity index (χ2v) is 7.13. The molecule has 144 valence electrons. The summed E-state index contributed by atoms with van der Waals surface area (Å²) in [4.78, 5) is 26.9. The molecule has 1 aliphatic rings. The highest BCUT2D eigenvalue weighted by atomic mass is 16.6. The van der Waals surface area contributed by atoms with Crippen molar-refractivity contribution in [3.63, 3.8) is 0 Å². The minimum absolute atomic E-state index is 0.0145. The van der Waals surface area contributed by atoms with Crippen LogP contribution in [0.3, 0.4) is 0 Å². The van der Waals surface area contributed by atoms with E-state index in [0.717, 1.165) is 30.2 Å². The highest BCUT2D eigenvalue weighted by molar-refractivity contribution is 5.82. The normalized spacial score (nSPS) is 13.0. The molecule has 0 bridgehead atoms. The van der Waals surface area contributed by atoms with Crippen molar-refractivity contribution in [3.05, 3.63) is 86.0 Å². The number of nitrogens with zero attached hydrogens (tertiary/aromatic N) is 4. The van der Waals surface area contributed by atoms with Gasteiger partial charge in [-0.25, -0.2) is 14.5 Å². The molecule has 0 amide bonds. The number of aromatic nitrogens is 3. The molecular formula is C21H16N4O4. The molecule has 0 fully saturated rings. The Morgan fingerprint density at radius 2 is 1.97 bits per heavy atom. The number of hydrogen-bond donors (Lipinski definition) is 0. The zero-order valence-corrected chi connectivity index (χ0v) is 15.4. The van der Waals surface area contributed by atoms with Gasteiger partial charge in [0.05, 0.1) is 11.5 Å². The molecule has 29 heavy (non-hydrogen) atoms. The lowest BCUT2D eigenvalue weighted by Gasteiger charge is -2.08. The molecule has 2 aromatic heterocycles. The fraction of sp³-hybridized carbons (Fsp3) is 0.190. The lowest BCUT2D eigenvalue weighted by molar-refractivity contribution is -0.384. The fourth-order valence-corrected chi connectivity index (χ4v) is 3.86. The van der Waals surface area contributed by atoms with Gasteiger partial charge in [0.2, 0.25) is 0 Å². The van der Waals surface area contributed by atoms with E-state index in [1.165, 1.54) is 29.3 Å². The van der Waals surface area contributed by atoms with Crippen LogP contribution in [0.5, 0.6) is 0 Å². The molecule has 1 aliphatic carbocycles. The third-order valence-electron chi connectivity index (χ3n) is 5.23. The summed E-state index contributed by atoms with van der Waals surface area (Å²) in [5.74, 6) is 0.391. The molecule has 4 aromatic rings. The number of non-ortho nitro benzene ring substituents is 1. The highest BCUT2D eigenvalue weighted by Crippen LogP contribution is 2.29. The predicted octanol–water partition coefficient (Wildman–Crippen LogP) is 3.50. The fourth-order valence-electron chi connectivity index (χ4n) is 3.86. The molecular weight excluding hydrogens is 372 g/mol. The Balaban J connectivity index is 1.51. The van der Waals surface area contributed by atoms with Crippen LogP contribution < -0.4 is 5.63 Å². The molecule has 0 aliphatic heterocycles. The maximum Gasteiger partial charge on any atom is 0.336 e. The third kappa shape index (κ3) is 3.18. The maximum atomic E-state index is 12.0. The van der Waals surface area contributed by atoms with Gasteiger partial charge in [-0.2, -0.15) is 5.10 Å². The predicted molar refractivity (Wildman–Crippen MR) is 106 cm³/mol. The summed E-state index contributed by atoms with van der Waals surface area (Å²) in [5, 5.41) is 16.3. The van der Waals surface area contributed by atoms with E-state index in [0.29, 0.717) is 23.5 Å². The Bertz CT molecular complexity index is 1320. The zero-order chi connectivity index (χ0) is 20.0. The summed E-state index contributed by atoms with van der Waals surface area (Å²) in [7, 11) is 0. The maximum absolute atomic E-state index is 12.0. The van der Waals surface area contributed by atoms with E-state index in [1.54, 1.807) is 23.1 Å². The number of aryl methyl sites for hydroxylation is 2. The van der Waals surface area contributed by atoms with E-state index in [1.807, 2.05) is 6.07 Å². The van der Waals surface area contributed by atoms with Crippen LogP contribution in [0.25, 0.3) is 22.4 Å². The Labute approximate surface area is 164 Å². The van der Waals surface area contributed by atoms with Crippen LogP contribution in [0, 0.1) is 10.1 Å². The van der Waals surface area contributed by atoms with Gasteiger partial charge in [0.25, 0.3) is 5.69 Å². The average molecular weight is 388 g/mol. The van der Waals surface area contributed by atoms with Crippen molar-refractivity contribution in [2.24, 2.45) is 0 Å². The van der Waals surface area contributed by atoms with Crippen molar-refractivity contribution in [1.29, 1.82) is 0 Å². The van der Waals surface area contributed by atoms with Crippen molar-refractivity contribution >= 4 is 16.7 Å². The second-order valence-electron chi connectivity index (χ2n) is 7.13. The van der Waals surface area contributed by atoms with Gasteiger partial charge < -0.3 is 4.42 Å². The summed E-state index contributed by atoms with van der Waals surface area (Å²) in [5.41, 5.74) is 4.08. The summed E-state index contributed by atoms with van der Waals surface area (Å²) in [6.07, 6.45) is 4.71. The van der Waals surface area contributed by atoms with Gasteiger partial charge >= 0.3 is 5.63 Å². The molecule has 0 unspecified atom stereocenters. The Hall–Kier alpha value is -3.81. The van der Waals surface area contributed by atoms with Crippen LogP contribution in [-0.4, -0.2) is 19.7 Å². The van der Waals surface area contributed by atoms with Crippen LogP contribution in [-0.2, 0) is 19.4 Å². The lowest BCUT2D eigenvalue weighted by Crippen LogP contribution is -2.07. The number of nitro groups is 1. The molecule has 0 N–H and O–H groups in total. The van der Waals surface area contributed by atoms with Gasteiger partial charge in [0.15, 0.2) is 5.82 Å². The summed E-state index contributed by atoms with van der Waals surface area (Å²) < 4.78 is 7.03. The SMILES string of the molecule is O=c1cc(Cn2cnc(-c3cccc([N+](=O)[O-])c3)n2)c2cc3c(cc2o1)CCC3. The van der Waals surface area contributed by atoms with E-state index in [-0.39, 0.29) is 5.69 Å². The average Bonchev–Trinajstić information content (AvgIpc) is 3.35. The number of hydrogen-bond acceptors (Lipinski definition) is 6. The van der Waals surface area contributed by atoms with Crippen molar-refractivity contribution < 1.29 is 9.34 Å². The monoisotopic (exact) mass is 388 g/mol. The number of rotatable bonds is 4. The smallest absolute Gasteiger partial charge is 0.336 e. The first-order valence-corrected chi connectivity index (χ1v) is 9.30. The van der Waals surface area contributed by atoms with E-state index < -0.39 is 10.5 Å². The summed E-state index contributed by atoms with van der Waals surface area (Å²) in [6.45, 7) is 0.350. The molecule has 5 rings (SSSR count).